The second-order valence-electron chi connectivity index (χ2n) is 3.62. The van der Waals surface area contributed by atoms with Gasteiger partial charge in [-0.2, -0.15) is 0 Å². The number of carbonyl (C=O) groups excluding carboxylic acids is 1. The van der Waals surface area contributed by atoms with Gasteiger partial charge in [0.05, 0.1) is 12.1 Å². The number of nitrogen functional groups attached to an aromatic ring is 1. The van der Waals surface area contributed by atoms with Gasteiger partial charge in [0.25, 0.3) is 0 Å². The topological polar surface area (TPSA) is 68.0 Å². The number of rotatable bonds is 3. The predicted octanol–water partition coefficient (Wildman–Crippen LogP) is 1.68. The van der Waals surface area contributed by atoms with Crippen LogP contribution in [0.25, 0.3) is 10.6 Å². The molecule has 0 saturated carbocycles. The molecular formula is C12H13N3OS. The van der Waals surface area contributed by atoms with Crippen LogP contribution in [0.3, 0.4) is 0 Å². The third kappa shape index (κ3) is 2.82. The van der Waals surface area contributed by atoms with Crippen molar-refractivity contribution in [2.75, 3.05) is 12.8 Å². The molecule has 0 fully saturated rings. The van der Waals surface area contributed by atoms with Gasteiger partial charge in [0.2, 0.25) is 5.91 Å². The third-order valence-electron chi connectivity index (χ3n) is 2.31. The molecule has 0 aliphatic rings. The molecule has 0 aliphatic heterocycles. The number of aromatic nitrogens is 1. The second kappa shape index (κ2) is 4.97. The zero-order valence-corrected chi connectivity index (χ0v) is 10.3. The maximum Gasteiger partial charge on any atom is 0.225 e. The van der Waals surface area contributed by atoms with Crippen LogP contribution in [0.1, 0.15) is 5.69 Å². The maximum atomic E-state index is 11.2. The summed E-state index contributed by atoms with van der Waals surface area (Å²) >= 11 is 1.52. The van der Waals surface area contributed by atoms with Crippen LogP contribution in [0.4, 0.5) is 5.69 Å². The zero-order chi connectivity index (χ0) is 12.3. The summed E-state index contributed by atoms with van der Waals surface area (Å²) in [5, 5.41) is 5.36. The van der Waals surface area contributed by atoms with E-state index in [4.69, 9.17) is 5.73 Å². The molecule has 2 rings (SSSR count). The summed E-state index contributed by atoms with van der Waals surface area (Å²) in [5.41, 5.74) is 8.20. The number of thiazole rings is 1. The number of carbonyl (C=O) groups is 1. The lowest BCUT2D eigenvalue weighted by molar-refractivity contribution is -0.120. The monoisotopic (exact) mass is 247 g/mol. The minimum absolute atomic E-state index is 0.0329. The summed E-state index contributed by atoms with van der Waals surface area (Å²) in [5.74, 6) is -0.0329. The molecule has 17 heavy (non-hydrogen) atoms. The minimum atomic E-state index is -0.0329. The third-order valence-corrected chi connectivity index (χ3v) is 3.25. The molecule has 0 spiro atoms. The van der Waals surface area contributed by atoms with Gasteiger partial charge in [-0.05, 0) is 12.1 Å². The van der Waals surface area contributed by atoms with Gasteiger partial charge in [-0.3, -0.25) is 4.79 Å². The molecule has 1 heterocycles. The summed E-state index contributed by atoms with van der Waals surface area (Å²) < 4.78 is 0. The maximum absolute atomic E-state index is 11.2. The number of likely N-dealkylation sites (N-methyl/N-ethyl adjacent to an activating group) is 1. The first-order valence-corrected chi connectivity index (χ1v) is 6.08. The first kappa shape index (κ1) is 11.6. The first-order valence-electron chi connectivity index (χ1n) is 5.20. The molecule has 0 aliphatic carbocycles. The average Bonchev–Trinajstić information content (AvgIpc) is 2.77. The van der Waals surface area contributed by atoms with Gasteiger partial charge in [0.15, 0.2) is 0 Å². The fourth-order valence-corrected chi connectivity index (χ4v) is 2.26. The van der Waals surface area contributed by atoms with Crippen LogP contribution >= 0.6 is 11.3 Å². The molecule has 0 atom stereocenters. The Morgan fingerprint density at radius 1 is 1.53 bits per heavy atom. The minimum Gasteiger partial charge on any atom is -0.399 e. The Kier molecular flexibility index (Phi) is 3.39. The highest BCUT2D eigenvalue weighted by Crippen LogP contribution is 2.25. The largest absolute Gasteiger partial charge is 0.399 e. The molecule has 1 aromatic carbocycles. The number of nitrogens with zero attached hydrogens (tertiary/aromatic N) is 1. The van der Waals surface area contributed by atoms with Crippen LogP contribution < -0.4 is 11.1 Å². The van der Waals surface area contributed by atoms with Crippen LogP contribution in [0.2, 0.25) is 0 Å². The lowest BCUT2D eigenvalue weighted by Gasteiger charge is -1.98. The van der Waals surface area contributed by atoms with Gasteiger partial charge in [0.1, 0.15) is 5.01 Å². The van der Waals surface area contributed by atoms with E-state index >= 15 is 0 Å². The Bertz CT molecular complexity index is 536. The highest BCUT2D eigenvalue weighted by atomic mass is 32.1. The zero-order valence-electron chi connectivity index (χ0n) is 9.43. The first-order chi connectivity index (χ1) is 8.19. The molecule has 88 valence electrons. The average molecular weight is 247 g/mol. The van der Waals surface area contributed by atoms with Crippen molar-refractivity contribution in [3.8, 4) is 10.6 Å². The Morgan fingerprint density at radius 3 is 3.06 bits per heavy atom. The van der Waals surface area contributed by atoms with Crippen molar-refractivity contribution in [2.24, 2.45) is 0 Å². The number of amides is 1. The van der Waals surface area contributed by atoms with E-state index in [1.54, 1.807) is 7.05 Å². The molecule has 0 radical (unpaired) electrons. The van der Waals surface area contributed by atoms with Crippen molar-refractivity contribution in [3.63, 3.8) is 0 Å². The summed E-state index contributed by atoms with van der Waals surface area (Å²) in [6.45, 7) is 0. The molecule has 4 nitrogen and oxygen atoms in total. The summed E-state index contributed by atoms with van der Waals surface area (Å²) in [4.78, 5) is 15.6. The van der Waals surface area contributed by atoms with Crippen molar-refractivity contribution in [1.29, 1.82) is 0 Å². The molecular weight excluding hydrogens is 234 g/mol. The number of nitrogens with two attached hydrogens (primary N) is 1. The van der Waals surface area contributed by atoms with Crippen molar-refractivity contribution in [1.82, 2.24) is 10.3 Å². The van der Waals surface area contributed by atoms with E-state index in [0.717, 1.165) is 16.3 Å². The van der Waals surface area contributed by atoms with E-state index in [-0.39, 0.29) is 5.91 Å². The molecule has 0 saturated heterocycles. The van der Waals surface area contributed by atoms with Crippen molar-refractivity contribution in [2.45, 2.75) is 6.42 Å². The van der Waals surface area contributed by atoms with Crippen molar-refractivity contribution < 1.29 is 4.79 Å². The predicted molar refractivity (Wildman–Crippen MR) is 69.7 cm³/mol. The smallest absolute Gasteiger partial charge is 0.225 e. The van der Waals surface area contributed by atoms with Gasteiger partial charge in [-0.15, -0.1) is 11.3 Å². The number of anilines is 1. The van der Waals surface area contributed by atoms with E-state index < -0.39 is 0 Å². The van der Waals surface area contributed by atoms with E-state index in [1.165, 1.54) is 11.3 Å². The molecule has 3 N–H and O–H groups in total. The SMILES string of the molecule is CNC(=O)Cc1csc(-c2cccc(N)c2)n1. The van der Waals surface area contributed by atoms with Crippen molar-refractivity contribution >= 4 is 22.9 Å². The second-order valence-corrected chi connectivity index (χ2v) is 4.48. The number of nitrogens with one attached hydrogen (secondary N) is 1. The van der Waals surface area contributed by atoms with Gasteiger partial charge in [-0.25, -0.2) is 4.98 Å². The van der Waals surface area contributed by atoms with Crippen LogP contribution in [-0.4, -0.2) is 17.9 Å². The Morgan fingerprint density at radius 2 is 2.35 bits per heavy atom. The van der Waals surface area contributed by atoms with E-state index in [0.29, 0.717) is 12.1 Å². The summed E-state index contributed by atoms with van der Waals surface area (Å²) in [7, 11) is 1.62. The van der Waals surface area contributed by atoms with Gasteiger partial charge in [-0.1, -0.05) is 12.1 Å². The fourth-order valence-electron chi connectivity index (χ4n) is 1.45. The highest BCUT2D eigenvalue weighted by molar-refractivity contribution is 7.13. The summed E-state index contributed by atoms with van der Waals surface area (Å²) in [6.07, 6.45) is 0.315. The molecule has 1 amide bonds. The lowest BCUT2D eigenvalue weighted by Crippen LogP contribution is -2.19. The quantitative estimate of drug-likeness (QED) is 0.811. The number of hydrogen-bond donors (Lipinski definition) is 2. The standard InChI is InChI=1S/C12H13N3OS/c1-14-11(16)6-10-7-17-12(15-10)8-3-2-4-9(13)5-8/h2-5,7H,6,13H2,1H3,(H,14,16). The summed E-state index contributed by atoms with van der Waals surface area (Å²) in [6, 6.07) is 7.56. The fraction of sp³-hybridized carbons (Fsp3) is 0.167. The molecule has 0 bridgehead atoms. The Labute approximate surface area is 103 Å². The molecule has 5 heteroatoms. The van der Waals surface area contributed by atoms with E-state index in [2.05, 4.69) is 10.3 Å². The van der Waals surface area contributed by atoms with Gasteiger partial charge >= 0.3 is 0 Å². The van der Waals surface area contributed by atoms with E-state index in [1.807, 2.05) is 29.6 Å². The molecule has 1 aromatic heterocycles. The van der Waals surface area contributed by atoms with Crippen LogP contribution in [-0.2, 0) is 11.2 Å². The Hall–Kier alpha value is -1.88. The molecule has 2 aromatic rings. The van der Waals surface area contributed by atoms with Crippen LogP contribution in [0.5, 0.6) is 0 Å². The highest BCUT2D eigenvalue weighted by Gasteiger charge is 2.07. The Balaban J connectivity index is 2.21. The number of benzene rings is 1. The van der Waals surface area contributed by atoms with Crippen LogP contribution in [0, 0.1) is 0 Å². The van der Waals surface area contributed by atoms with Gasteiger partial charge < -0.3 is 11.1 Å². The van der Waals surface area contributed by atoms with E-state index in [9.17, 15) is 4.79 Å². The van der Waals surface area contributed by atoms with Crippen LogP contribution in [0.15, 0.2) is 29.6 Å². The number of hydrogen-bond acceptors (Lipinski definition) is 4. The molecule has 0 unspecified atom stereocenters. The van der Waals surface area contributed by atoms with Gasteiger partial charge in [0, 0.05) is 23.7 Å². The lowest BCUT2D eigenvalue weighted by atomic mass is 10.2. The normalized spacial score (nSPS) is 10.2. The van der Waals surface area contributed by atoms with Crippen molar-refractivity contribution in [3.05, 3.63) is 35.3 Å².